The van der Waals surface area contributed by atoms with Crippen LogP contribution in [0, 0.1) is 5.82 Å². The summed E-state index contributed by atoms with van der Waals surface area (Å²) in [5.74, 6) is 0.850. The third-order valence-electron chi connectivity index (χ3n) is 2.06. The van der Waals surface area contributed by atoms with E-state index >= 15 is 0 Å². The highest BCUT2D eigenvalue weighted by molar-refractivity contribution is 7.99. The Hall–Kier alpha value is -0.540. The number of benzene rings is 1. The molecule has 1 aromatic rings. The van der Waals surface area contributed by atoms with Crippen LogP contribution in [0.25, 0.3) is 0 Å². The minimum atomic E-state index is -0.170. The van der Waals surface area contributed by atoms with E-state index in [1.807, 2.05) is 12.1 Å². The molecule has 1 atom stereocenters. The van der Waals surface area contributed by atoms with Crippen LogP contribution >= 0.6 is 11.8 Å². The van der Waals surface area contributed by atoms with Crippen molar-refractivity contribution in [3.63, 3.8) is 0 Å². The van der Waals surface area contributed by atoms with Gasteiger partial charge in [0.1, 0.15) is 5.82 Å². The van der Waals surface area contributed by atoms with Crippen molar-refractivity contribution >= 4 is 11.8 Å². The minimum Gasteiger partial charge on any atom is -0.313 e. The molecular weight excluding hydrogens is 209 g/mol. The Morgan fingerprint density at radius 3 is 2.60 bits per heavy atom. The molecule has 1 N–H and O–H groups in total. The van der Waals surface area contributed by atoms with Gasteiger partial charge in [-0.2, -0.15) is 0 Å². The van der Waals surface area contributed by atoms with Gasteiger partial charge in [0.2, 0.25) is 0 Å². The summed E-state index contributed by atoms with van der Waals surface area (Å²) in [6.45, 7) is 5.39. The summed E-state index contributed by atoms with van der Waals surface area (Å²) >= 11 is 1.76. The van der Waals surface area contributed by atoms with E-state index in [9.17, 15) is 4.39 Å². The minimum absolute atomic E-state index is 0.170. The van der Waals surface area contributed by atoms with Gasteiger partial charge in [-0.1, -0.05) is 6.92 Å². The molecule has 0 aliphatic rings. The standard InChI is InChI=1S/C12H18FNS/c1-3-8-14-10(2)9-15-12-6-4-11(13)5-7-12/h4-7,10,14H,3,8-9H2,1-2H3. The molecule has 1 rings (SSSR count). The van der Waals surface area contributed by atoms with Crippen molar-refractivity contribution in [2.45, 2.75) is 31.2 Å². The first kappa shape index (κ1) is 12.5. The first-order valence-corrected chi connectivity index (χ1v) is 6.32. The van der Waals surface area contributed by atoms with Gasteiger partial charge in [-0.15, -0.1) is 11.8 Å². The summed E-state index contributed by atoms with van der Waals surface area (Å²) in [5.41, 5.74) is 0. The van der Waals surface area contributed by atoms with Gasteiger partial charge in [-0.05, 0) is 44.2 Å². The molecule has 0 radical (unpaired) electrons. The van der Waals surface area contributed by atoms with Crippen LogP contribution in [0.4, 0.5) is 4.39 Å². The zero-order valence-electron chi connectivity index (χ0n) is 9.29. The van der Waals surface area contributed by atoms with Crippen molar-refractivity contribution < 1.29 is 4.39 Å². The monoisotopic (exact) mass is 227 g/mol. The molecule has 15 heavy (non-hydrogen) atoms. The van der Waals surface area contributed by atoms with E-state index in [2.05, 4.69) is 19.2 Å². The Morgan fingerprint density at radius 2 is 2.00 bits per heavy atom. The molecule has 0 saturated carbocycles. The fraction of sp³-hybridized carbons (Fsp3) is 0.500. The molecule has 0 heterocycles. The van der Waals surface area contributed by atoms with Crippen molar-refractivity contribution in [1.29, 1.82) is 0 Å². The Labute approximate surface area is 95.5 Å². The number of hydrogen-bond acceptors (Lipinski definition) is 2. The number of rotatable bonds is 6. The number of thioether (sulfide) groups is 1. The maximum Gasteiger partial charge on any atom is 0.123 e. The Bertz CT molecular complexity index is 273. The maximum atomic E-state index is 12.6. The first-order valence-electron chi connectivity index (χ1n) is 5.34. The number of hydrogen-bond donors (Lipinski definition) is 1. The molecule has 3 heteroatoms. The molecule has 0 spiro atoms. The summed E-state index contributed by atoms with van der Waals surface area (Å²) in [6.07, 6.45) is 1.16. The van der Waals surface area contributed by atoms with Gasteiger partial charge >= 0.3 is 0 Å². The largest absolute Gasteiger partial charge is 0.313 e. The molecule has 0 amide bonds. The van der Waals surface area contributed by atoms with Crippen LogP contribution in [0.5, 0.6) is 0 Å². The molecule has 0 saturated heterocycles. The summed E-state index contributed by atoms with van der Waals surface area (Å²) in [5, 5.41) is 3.42. The normalized spacial score (nSPS) is 12.7. The lowest BCUT2D eigenvalue weighted by atomic mass is 10.3. The van der Waals surface area contributed by atoms with E-state index in [4.69, 9.17) is 0 Å². The predicted molar refractivity (Wildman–Crippen MR) is 64.9 cm³/mol. The quantitative estimate of drug-likeness (QED) is 0.748. The van der Waals surface area contributed by atoms with Crippen molar-refractivity contribution in [1.82, 2.24) is 5.32 Å². The fourth-order valence-corrected chi connectivity index (χ4v) is 2.09. The van der Waals surface area contributed by atoms with Gasteiger partial charge in [-0.3, -0.25) is 0 Å². The average Bonchev–Trinajstić information content (AvgIpc) is 2.25. The van der Waals surface area contributed by atoms with Crippen molar-refractivity contribution in [2.75, 3.05) is 12.3 Å². The van der Waals surface area contributed by atoms with E-state index in [1.54, 1.807) is 11.8 Å². The van der Waals surface area contributed by atoms with E-state index in [-0.39, 0.29) is 5.82 Å². The lowest BCUT2D eigenvalue weighted by molar-refractivity contribution is 0.590. The van der Waals surface area contributed by atoms with Crippen LogP contribution in [-0.2, 0) is 0 Å². The molecule has 1 unspecified atom stereocenters. The summed E-state index contributed by atoms with van der Waals surface area (Å²) in [6, 6.07) is 7.16. The molecule has 0 fully saturated rings. The topological polar surface area (TPSA) is 12.0 Å². The zero-order valence-corrected chi connectivity index (χ0v) is 10.1. The zero-order chi connectivity index (χ0) is 11.1. The maximum absolute atomic E-state index is 12.6. The second-order valence-electron chi connectivity index (χ2n) is 3.62. The average molecular weight is 227 g/mol. The Morgan fingerprint density at radius 1 is 1.33 bits per heavy atom. The second-order valence-corrected chi connectivity index (χ2v) is 4.71. The number of halogens is 1. The van der Waals surface area contributed by atoms with E-state index in [0.29, 0.717) is 6.04 Å². The molecule has 0 aliphatic heterocycles. The highest BCUT2D eigenvalue weighted by Crippen LogP contribution is 2.18. The molecule has 1 nitrogen and oxygen atoms in total. The third-order valence-corrected chi connectivity index (χ3v) is 3.33. The predicted octanol–water partition coefficient (Wildman–Crippen LogP) is 3.31. The molecule has 0 aliphatic carbocycles. The first-order chi connectivity index (χ1) is 7.22. The van der Waals surface area contributed by atoms with Gasteiger partial charge < -0.3 is 5.32 Å². The van der Waals surface area contributed by atoms with E-state index < -0.39 is 0 Å². The van der Waals surface area contributed by atoms with Crippen LogP contribution in [0.3, 0.4) is 0 Å². The lowest BCUT2D eigenvalue weighted by Crippen LogP contribution is -2.28. The fourth-order valence-electron chi connectivity index (χ4n) is 1.20. The summed E-state index contributed by atoms with van der Waals surface area (Å²) in [4.78, 5) is 1.13. The smallest absolute Gasteiger partial charge is 0.123 e. The molecule has 1 aromatic carbocycles. The van der Waals surface area contributed by atoms with Crippen LogP contribution in [0.15, 0.2) is 29.2 Å². The van der Waals surface area contributed by atoms with Gasteiger partial charge in [-0.25, -0.2) is 4.39 Å². The Balaban J connectivity index is 2.27. The van der Waals surface area contributed by atoms with Crippen molar-refractivity contribution in [3.8, 4) is 0 Å². The number of nitrogens with one attached hydrogen (secondary N) is 1. The molecule has 84 valence electrons. The highest BCUT2D eigenvalue weighted by Gasteiger charge is 2.01. The Kier molecular flexibility index (Phi) is 5.73. The lowest BCUT2D eigenvalue weighted by Gasteiger charge is -2.12. The highest BCUT2D eigenvalue weighted by atomic mass is 32.2. The molecular formula is C12H18FNS. The molecule has 0 aromatic heterocycles. The van der Waals surface area contributed by atoms with Crippen molar-refractivity contribution in [3.05, 3.63) is 30.1 Å². The summed E-state index contributed by atoms with van der Waals surface area (Å²) < 4.78 is 12.6. The van der Waals surface area contributed by atoms with Gasteiger partial charge in [0.25, 0.3) is 0 Å². The van der Waals surface area contributed by atoms with Crippen LogP contribution < -0.4 is 5.32 Å². The van der Waals surface area contributed by atoms with Gasteiger partial charge in [0, 0.05) is 16.7 Å². The van der Waals surface area contributed by atoms with Crippen LogP contribution in [0.1, 0.15) is 20.3 Å². The molecule has 0 bridgehead atoms. The van der Waals surface area contributed by atoms with E-state index in [1.165, 1.54) is 12.1 Å². The SMILES string of the molecule is CCCNC(C)CSc1ccc(F)cc1. The van der Waals surface area contributed by atoms with E-state index in [0.717, 1.165) is 23.6 Å². The summed E-state index contributed by atoms with van der Waals surface area (Å²) in [7, 11) is 0. The van der Waals surface area contributed by atoms with Gasteiger partial charge in [0.15, 0.2) is 0 Å². The van der Waals surface area contributed by atoms with Gasteiger partial charge in [0.05, 0.1) is 0 Å². The van der Waals surface area contributed by atoms with Crippen LogP contribution in [0.2, 0.25) is 0 Å². The van der Waals surface area contributed by atoms with Crippen molar-refractivity contribution in [2.24, 2.45) is 0 Å². The van der Waals surface area contributed by atoms with Crippen LogP contribution in [-0.4, -0.2) is 18.3 Å². The third kappa shape index (κ3) is 5.19. The second kappa shape index (κ2) is 6.85.